The Kier molecular flexibility index (Phi) is 8.57. The average molecular weight is 468 g/mol. The number of hydrogen-bond donors (Lipinski definition) is 2. The lowest BCUT2D eigenvalue weighted by Crippen LogP contribution is -2.45. The second kappa shape index (κ2) is 11.1. The first-order valence-electron chi connectivity index (χ1n) is 10.2. The number of nitrogens with one attached hydrogen (secondary N) is 2. The molecule has 0 radical (unpaired) electrons. The van der Waals surface area contributed by atoms with Crippen molar-refractivity contribution in [2.45, 2.75) is 32.2 Å². The van der Waals surface area contributed by atoms with Gasteiger partial charge in [-0.1, -0.05) is 35.3 Å². The van der Waals surface area contributed by atoms with Gasteiger partial charge in [0.1, 0.15) is 0 Å². The number of hydrogen-bond acceptors (Lipinski definition) is 4. The maximum absolute atomic E-state index is 12.4. The monoisotopic (exact) mass is 467 g/mol. The topological polar surface area (TPSA) is 61.4 Å². The zero-order valence-electron chi connectivity index (χ0n) is 17.0. The number of carbonyl (C=O) groups is 2. The van der Waals surface area contributed by atoms with Gasteiger partial charge in [-0.05, 0) is 68.4 Å². The predicted molar refractivity (Wildman–Crippen MR) is 123 cm³/mol. The van der Waals surface area contributed by atoms with Gasteiger partial charge in [-0.25, -0.2) is 0 Å². The molecule has 1 aromatic heterocycles. The van der Waals surface area contributed by atoms with Crippen LogP contribution in [-0.2, 0) is 16.0 Å². The van der Waals surface area contributed by atoms with Crippen LogP contribution < -0.4 is 10.6 Å². The van der Waals surface area contributed by atoms with Crippen LogP contribution in [0.4, 0.5) is 0 Å². The summed E-state index contributed by atoms with van der Waals surface area (Å²) >= 11 is 13.9. The van der Waals surface area contributed by atoms with E-state index in [0.717, 1.165) is 37.9 Å². The Morgan fingerprint density at radius 1 is 1.23 bits per heavy atom. The molecule has 5 nitrogen and oxygen atoms in total. The first kappa shape index (κ1) is 23.1. The van der Waals surface area contributed by atoms with Crippen molar-refractivity contribution >= 4 is 46.4 Å². The van der Waals surface area contributed by atoms with Gasteiger partial charge in [0.15, 0.2) is 0 Å². The average Bonchev–Trinajstić information content (AvgIpc) is 3.21. The zero-order chi connectivity index (χ0) is 21.5. The second-order valence-electron chi connectivity index (χ2n) is 7.63. The highest BCUT2D eigenvalue weighted by Gasteiger charge is 2.26. The van der Waals surface area contributed by atoms with Gasteiger partial charge in [-0.2, -0.15) is 0 Å². The van der Waals surface area contributed by atoms with Crippen molar-refractivity contribution in [1.29, 1.82) is 0 Å². The molecule has 30 heavy (non-hydrogen) atoms. The number of carbonyl (C=O) groups excluding carboxylic acids is 2. The van der Waals surface area contributed by atoms with E-state index in [0.29, 0.717) is 23.1 Å². The van der Waals surface area contributed by atoms with E-state index in [4.69, 9.17) is 23.2 Å². The molecule has 0 bridgehead atoms. The molecule has 2 amide bonds. The lowest BCUT2D eigenvalue weighted by Gasteiger charge is -2.31. The van der Waals surface area contributed by atoms with Crippen LogP contribution in [0.5, 0.6) is 0 Å². The Bertz CT molecular complexity index is 852. The summed E-state index contributed by atoms with van der Waals surface area (Å²) in [5.41, 5.74) is 0.840. The van der Waals surface area contributed by atoms with Crippen molar-refractivity contribution in [3.8, 4) is 0 Å². The first-order chi connectivity index (χ1) is 14.4. The van der Waals surface area contributed by atoms with Crippen molar-refractivity contribution in [3.63, 3.8) is 0 Å². The number of likely N-dealkylation sites (tertiary alicyclic amines) is 1. The Hall–Kier alpha value is -1.60. The van der Waals surface area contributed by atoms with Crippen LogP contribution in [0.3, 0.4) is 0 Å². The highest BCUT2D eigenvalue weighted by Crippen LogP contribution is 2.26. The molecule has 1 aromatic carbocycles. The van der Waals surface area contributed by atoms with Crippen LogP contribution in [0.2, 0.25) is 10.0 Å². The zero-order valence-corrected chi connectivity index (χ0v) is 19.3. The largest absolute Gasteiger partial charge is 0.355 e. The van der Waals surface area contributed by atoms with Gasteiger partial charge < -0.3 is 10.6 Å². The van der Waals surface area contributed by atoms with Gasteiger partial charge in [0, 0.05) is 27.4 Å². The Morgan fingerprint density at radius 3 is 2.67 bits per heavy atom. The lowest BCUT2D eigenvalue weighted by molar-refractivity contribution is -0.126. The minimum absolute atomic E-state index is 0.0273. The molecule has 1 atom stereocenters. The SMILES string of the molecule is CC(NC(=O)CN1CCC(C(=O)NCCc2cccs2)CC1)c1ccc(Cl)cc1Cl. The number of nitrogens with zero attached hydrogens (tertiary/aromatic N) is 1. The van der Waals surface area contributed by atoms with Crippen LogP contribution in [0, 0.1) is 5.92 Å². The minimum Gasteiger partial charge on any atom is -0.355 e. The summed E-state index contributed by atoms with van der Waals surface area (Å²) in [6.07, 6.45) is 2.42. The fraction of sp³-hybridized carbons (Fsp3) is 0.455. The Balaban J connectivity index is 1.37. The van der Waals surface area contributed by atoms with E-state index in [-0.39, 0.29) is 23.8 Å². The second-order valence-corrected chi connectivity index (χ2v) is 9.50. The van der Waals surface area contributed by atoms with Crippen LogP contribution in [-0.4, -0.2) is 42.9 Å². The van der Waals surface area contributed by atoms with Crippen molar-refractivity contribution in [3.05, 3.63) is 56.2 Å². The molecule has 1 fully saturated rings. The molecule has 3 rings (SSSR count). The van der Waals surface area contributed by atoms with E-state index in [9.17, 15) is 9.59 Å². The number of halogens is 2. The number of piperidine rings is 1. The van der Waals surface area contributed by atoms with E-state index in [1.807, 2.05) is 24.4 Å². The molecular formula is C22H27Cl2N3O2S. The normalized spacial score (nSPS) is 16.2. The number of benzene rings is 1. The quantitative estimate of drug-likeness (QED) is 0.607. The molecule has 2 heterocycles. The van der Waals surface area contributed by atoms with Crippen LogP contribution in [0.15, 0.2) is 35.7 Å². The summed E-state index contributed by atoms with van der Waals surface area (Å²) in [4.78, 5) is 28.2. The summed E-state index contributed by atoms with van der Waals surface area (Å²) in [6, 6.07) is 9.19. The van der Waals surface area contributed by atoms with Crippen LogP contribution >= 0.6 is 34.5 Å². The van der Waals surface area contributed by atoms with Gasteiger partial charge in [0.2, 0.25) is 11.8 Å². The van der Waals surface area contributed by atoms with E-state index < -0.39 is 0 Å². The van der Waals surface area contributed by atoms with E-state index in [2.05, 4.69) is 21.6 Å². The number of rotatable bonds is 8. The lowest BCUT2D eigenvalue weighted by atomic mass is 9.96. The van der Waals surface area contributed by atoms with Crippen molar-refractivity contribution in [2.24, 2.45) is 5.92 Å². The Morgan fingerprint density at radius 2 is 2.00 bits per heavy atom. The fourth-order valence-corrected chi connectivity index (χ4v) is 4.96. The first-order valence-corrected chi connectivity index (χ1v) is 11.8. The maximum atomic E-state index is 12.4. The molecule has 0 spiro atoms. The maximum Gasteiger partial charge on any atom is 0.234 e. The standard InChI is InChI=1S/C22H27Cl2N3O2S/c1-15(19-5-4-17(23)13-20(19)24)26-21(28)14-27-10-7-16(8-11-27)22(29)25-9-6-18-3-2-12-30-18/h2-5,12-13,15-16H,6-11,14H2,1H3,(H,25,29)(H,26,28). The van der Waals surface area contributed by atoms with Gasteiger partial charge in [-0.15, -0.1) is 11.3 Å². The summed E-state index contributed by atoms with van der Waals surface area (Å²) in [7, 11) is 0. The highest BCUT2D eigenvalue weighted by molar-refractivity contribution is 7.09. The van der Waals surface area contributed by atoms with E-state index in [1.165, 1.54) is 4.88 Å². The molecule has 2 aromatic rings. The minimum atomic E-state index is -0.200. The summed E-state index contributed by atoms with van der Waals surface area (Å²) in [5.74, 6) is 0.105. The summed E-state index contributed by atoms with van der Waals surface area (Å²) < 4.78 is 0. The predicted octanol–water partition coefficient (Wildman–Crippen LogP) is 4.30. The van der Waals surface area contributed by atoms with Crippen LogP contribution in [0.25, 0.3) is 0 Å². The summed E-state index contributed by atoms with van der Waals surface area (Å²) in [6.45, 7) is 4.38. The Labute approximate surface area is 191 Å². The molecule has 8 heteroatoms. The molecule has 1 aliphatic heterocycles. The summed E-state index contributed by atoms with van der Waals surface area (Å²) in [5, 5.41) is 9.20. The third kappa shape index (κ3) is 6.71. The van der Waals surface area contributed by atoms with Gasteiger partial charge >= 0.3 is 0 Å². The fourth-order valence-electron chi connectivity index (χ4n) is 3.68. The smallest absolute Gasteiger partial charge is 0.234 e. The van der Waals surface area contributed by atoms with Gasteiger partial charge in [0.05, 0.1) is 12.6 Å². The van der Waals surface area contributed by atoms with Gasteiger partial charge in [-0.3, -0.25) is 14.5 Å². The van der Waals surface area contributed by atoms with E-state index >= 15 is 0 Å². The van der Waals surface area contributed by atoms with Crippen molar-refractivity contribution in [1.82, 2.24) is 15.5 Å². The molecule has 1 aliphatic rings. The highest BCUT2D eigenvalue weighted by atomic mass is 35.5. The molecule has 1 saturated heterocycles. The molecule has 162 valence electrons. The number of amides is 2. The molecule has 1 unspecified atom stereocenters. The van der Waals surface area contributed by atoms with E-state index in [1.54, 1.807) is 23.5 Å². The molecule has 0 saturated carbocycles. The van der Waals surface area contributed by atoms with Gasteiger partial charge in [0.25, 0.3) is 0 Å². The number of thiophene rings is 1. The third-order valence-electron chi connectivity index (χ3n) is 5.38. The third-order valence-corrected chi connectivity index (χ3v) is 6.88. The molecule has 0 aliphatic carbocycles. The van der Waals surface area contributed by atoms with Crippen molar-refractivity contribution in [2.75, 3.05) is 26.2 Å². The molecule has 2 N–H and O–H groups in total. The van der Waals surface area contributed by atoms with Crippen molar-refractivity contribution < 1.29 is 9.59 Å². The van der Waals surface area contributed by atoms with Crippen LogP contribution in [0.1, 0.15) is 36.2 Å². The molecular weight excluding hydrogens is 441 g/mol.